The van der Waals surface area contributed by atoms with Crippen molar-refractivity contribution in [2.24, 2.45) is 0 Å². The number of fused-ring (bicyclic) bond motifs is 1. The number of carbonyl (C=O) groups is 1. The molecular weight excluding hydrogens is 428 g/mol. The fourth-order valence-electron chi connectivity index (χ4n) is 4.45. The largest absolute Gasteiger partial charge is 0.495 e. The number of carbonyl (C=O) groups excluding carboxylic acids is 1. The predicted octanol–water partition coefficient (Wildman–Crippen LogP) is 5.87. The SMILES string of the molecule is CCc1c(C)sc2c1CCN(CC(=O)Nc1ccc(OC)c(Cl)c1)[C@@H]2c1ccccc1. The average Bonchev–Trinajstić information content (AvgIpc) is 3.09. The van der Waals surface area contributed by atoms with Crippen LogP contribution in [0.15, 0.2) is 48.5 Å². The fourth-order valence-corrected chi connectivity index (χ4v) is 6.18. The van der Waals surface area contributed by atoms with Crippen molar-refractivity contribution in [3.05, 3.63) is 80.0 Å². The molecular formula is C25H27ClN2O2S. The topological polar surface area (TPSA) is 41.6 Å². The number of methoxy groups -OCH3 is 1. The Labute approximate surface area is 192 Å². The highest BCUT2D eigenvalue weighted by molar-refractivity contribution is 7.12. The third-order valence-electron chi connectivity index (χ3n) is 5.86. The van der Waals surface area contributed by atoms with Crippen molar-refractivity contribution in [1.29, 1.82) is 0 Å². The van der Waals surface area contributed by atoms with Crippen molar-refractivity contribution in [2.45, 2.75) is 32.7 Å². The highest BCUT2D eigenvalue weighted by Crippen LogP contribution is 2.42. The van der Waals surface area contributed by atoms with E-state index in [4.69, 9.17) is 16.3 Å². The standard InChI is InChI=1S/C25H27ClN2O2S/c1-4-19-16(2)31-25-20(19)12-13-28(24(25)17-8-6-5-7-9-17)15-23(29)27-18-10-11-22(30-3)21(26)14-18/h5-11,14,24H,4,12-13,15H2,1-3H3,(H,27,29)/t24-/m1/s1. The first kappa shape index (κ1) is 21.9. The highest BCUT2D eigenvalue weighted by atomic mass is 35.5. The summed E-state index contributed by atoms with van der Waals surface area (Å²) in [5, 5.41) is 3.47. The van der Waals surface area contributed by atoms with Crippen LogP contribution in [-0.2, 0) is 17.6 Å². The number of nitrogens with zero attached hydrogens (tertiary/aromatic N) is 1. The van der Waals surface area contributed by atoms with Crippen molar-refractivity contribution >= 4 is 34.5 Å². The van der Waals surface area contributed by atoms with Gasteiger partial charge in [-0.3, -0.25) is 9.69 Å². The van der Waals surface area contributed by atoms with Crippen LogP contribution in [0.1, 0.15) is 39.4 Å². The monoisotopic (exact) mass is 454 g/mol. The number of nitrogens with one attached hydrogen (secondary N) is 1. The first-order chi connectivity index (χ1) is 15.0. The predicted molar refractivity (Wildman–Crippen MR) is 129 cm³/mol. The molecule has 0 aliphatic carbocycles. The number of hydrogen-bond acceptors (Lipinski definition) is 4. The second-order valence-electron chi connectivity index (χ2n) is 7.76. The maximum Gasteiger partial charge on any atom is 0.238 e. The minimum atomic E-state index is -0.0467. The van der Waals surface area contributed by atoms with E-state index < -0.39 is 0 Å². The van der Waals surface area contributed by atoms with Crippen LogP contribution >= 0.6 is 22.9 Å². The second-order valence-corrected chi connectivity index (χ2v) is 9.43. The Balaban J connectivity index is 1.59. The van der Waals surface area contributed by atoms with E-state index in [-0.39, 0.29) is 11.9 Å². The number of thiophene rings is 1. The minimum Gasteiger partial charge on any atom is -0.495 e. The summed E-state index contributed by atoms with van der Waals surface area (Å²) in [7, 11) is 1.57. The van der Waals surface area contributed by atoms with Gasteiger partial charge in [0.2, 0.25) is 5.91 Å². The summed E-state index contributed by atoms with van der Waals surface area (Å²) in [5.41, 5.74) is 4.87. The van der Waals surface area contributed by atoms with Crippen LogP contribution in [0, 0.1) is 6.92 Å². The van der Waals surface area contributed by atoms with E-state index in [2.05, 4.69) is 48.3 Å². The smallest absolute Gasteiger partial charge is 0.238 e. The molecule has 6 heteroatoms. The van der Waals surface area contributed by atoms with Gasteiger partial charge in [-0.25, -0.2) is 0 Å². The van der Waals surface area contributed by atoms with Gasteiger partial charge >= 0.3 is 0 Å². The van der Waals surface area contributed by atoms with Crippen LogP contribution in [0.2, 0.25) is 5.02 Å². The molecule has 1 aliphatic heterocycles. The summed E-state index contributed by atoms with van der Waals surface area (Å²) in [5.74, 6) is 0.543. The summed E-state index contributed by atoms with van der Waals surface area (Å²) in [6.45, 7) is 5.62. The Kier molecular flexibility index (Phi) is 6.65. The van der Waals surface area contributed by atoms with Gasteiger partial charge in [-0.15, -0.1) is 11.3 Å². The van der Waals surface area contributed by atoms with Crippen LogP contribution in [0.25, 0.3) is 0 Å². The van der Waals surface area contributed by atoms with E-state index >= 15 is 0 Å². The molecule has 4 rings (SSSR count). The molecule has 2 aromatic carbocycles. The first-order valence-electron chi connectivity index (χ1n) is 10.5. The van der Waals surface area contributed by atoms with Gasteiger partial charge in [-0.2, -0.15) is 0 Å². The van der Waals surface area contributed by atoms with E-state index in [1.165, 1.54) is 26.4 Å². The van der Waals surface area contributed by atoms with Crippen molar-refractivity contribution in [2.75, 3.05) is 25.5 Å². The number of anilines is 1. The molecule has 0 fully saturated rings. The zero-order chi connectivity index (χ0) is 22.0. The van der Waals surface area contributed by atoms with E-state index in [1.807, 2.05) is 23.5 Å². The molecule has 0 unspecified atom stereocenters. The fraction of sp³-hybridized carbons (Fsp3) is 0.320. The maximum atomic E-state index is 12.9. The van der Waals surface area contributed by atoms with Gasteiger partial charge in [-0.05, 0) is 54.7 Å². The lowest BCUT2D eigenvalue weighted by Crippen LogP contribution is -2.40. The summed E-state index contributed by atoms with van der Waals surface area (Å²) >= 11 is 8.09. The summed E-state index contributed by atoms with van der Waals surface area (Å²) in [6.07, 6.45) is 2.03. The lowest BCUT2D eigenvalue weighted by Gasteiger charge is -2.36. The van der Waals surface area contributed by atoms with Crippen LogP contribution in [-0.4, -0.2) is 31.0 Å². The Morgan fingerprint density at radius 3 is 2.71 bits per heavy atom. The average molecular weight is 455 g/mol. The van der Waals surface area contributed by atoms with Crippen molar-refractivity contribution in [3.63, 3.8) is 0 Å². The molecule has 1 N–H and O–H groups in total. The zero-order valence-corrected chi connectivity index (χ0v) is 19.6. The van der Waals surface area contributed by atoms with Gasteiger partial charge in [0.1, 0.15) is 5.75 Å². The molecule has 0 saturated carbocycles. The molecule has 0 saturated heterocycles. The van der Waals surface area contributed by atoms with Crippen LogP contribution in [0.5, 0.6) is 5.75 Å². The first-order valence-corrected chi connectivity index (χ1v) is 11.7. The number of benzene rings is 2. The molecule has 0 radical (unpaired) electrons. The molecule has 3 aromatic rings. The number of ether oxygens (including phenoxy) is 1. The van der Waals surface area contributed by atoms with E-state index in [1.54, 1.807) is 19.2 Å². The van der Waals surface area contributed by atoms with Gasteiger partial charge in [-0.1, -0.05) is 48.9 Å². The van der Waals surface area contributed by atoms with Gasteiger partial charge in [0.05, 0.1) is 24.7 Å². The lowest BCUT2D eigenvalue weighted by atomic mass is 9.91. The lowest BCUT2D eigenvalue weighted by molar-refractivity contribution is -0.117. The minimum absolute atomic E-state index is 0.0467. The maximum absolute atomic E-state index is 12.9. The van der Waals surface area contributed by atoms with E-state index in [9.17, 15) is 4.79 Å². The Bertz CT molecular complexity index is 1080. The number of halogens is 1. The molecule has 1 aliphatic rings. The number of hydrogen-bond donors (Lipinski definition) is 1. The van der Waals surface area contributed by atoms with Gasteiger partial charge < -0.3 is 10.1 Å². The van der Waals surface area contributed by atoms with Crippen molar-refractivity contribution in [1.82, 2.24) is 4.90 Å². The highest BCUT2D eigenvalue weighted by Gasteiger charge is 2.33. The number of aryl methyl sites for hydroxylation is 1. The quantitative estimate of drug-likeness (QED) is 0.506. The number of rotatable bonds is 6. The van der Waals surface area contributed by atoms with Crippen molar-refractivity contribution < 1.29 is 9.53 Å². The van der Waals surface area contributed by atoms with E-state index in [0.29, 0.717) is 23.0 Å². The van der Waals surface area contributed by atoms with Crippen molar-refractivity contribution in [3.8, 4) is 5.75 Å². The van der Waals surface area contributed by atoms with E-state index in [0.717, 1.165) is 19.4 Å². The van der Waals surface area contributed by atoms with Crippen LogP contribution in [0.3, 0.4) is 0 Å². The van der Waals surface area contributed by atoms with Gasteiger partial charge in [0.25, 0.3) is 0 Å². The molecule has 0 spiro atoms. The normalized spacial score (nSPS) is 16.1. The summed E-state index contributed by atoms with van der Waals surface area (Å²) < 4.78 is 5.19. The third kappa shape index (κ3) is 4.49. The third-order valence-corrected chi connectivity index (χ3v) is 7.40. The number of amides is 1. The van der Waals surface area contributed by atoms with Crippen LogP contribution in [0.4, 0.5) is 5.69 Å². The second kappa shape index (κ2) is 9.43. The molecule has 1 aromatic heterocycles. The molecule has 1 atom stereocenters. The summed E-state index contributed by atoms with van der Waals surface area (Å²) in [4.78, 5) is 18.0. The Hall–Kier alpha value is -2.34. The molecule has 0 bridgehead atoms. The molecule has 4 nitrogen and oxygen atoms in total. The van der Waals surface area contributed by atoms with Crippen LogP contribution < -0.4 is 10.1 Å². The molecule has 31 heavy (non-hydrogen) atoms. The Morgan fingerprint density at radius 1 is 1.26 bits per heavy atom. The van der Waals surface area contributed by atoms with Gasteiger partial charge in [0, 0.05) is 22.0 Å². The van der Waals surface area contributed by atoms with Gasteiger partial charge in [0.15, 0.2) is 0 Å². The molecule has 1 amide bonds. The Morgan fingerprint density at radius 2 is 2.03 bits per heavy atom. The molecule has 162 valence electrons. The summed E-state index contributed by atoms with van der Waals surface area (Å²) in [6, 6.07) is 15.9. The zero-order valence-electron chi connectivity index (χ0n) is 18.1. The molecule has 2 heterocycles.